The van der Waals surface area contributed by atoms with Crippen LogP contribution >= 0.6 is 0 Å². The van der Waals surface area contributed by atoms with Crippen molar-refractivity contribution in [3.63, 3.8) is 0 Å². The monoisotopic (exact) mass is 247 g/mol. The first-order chi connectivity index (χ1) is 7.75. The van der Waals surface area contributed by atoms with Gasteiger partial charge in [0.25, 0.3) is 5.92 Å². The van der Waals surface area contributed by atoms with E-state index in [4.69, 9.17) is 5.73 Å². The van der Waals surface area contributed by atoms with Gasteiger partial charge in [0.05, 0.1) is 7.11 Å². The van der Waals surface area contributed by atoms with Crippen LogP contribution in [0.4, 0.5) is 13.2 Å². The molecule has 0 aliphatic rings. The molecule has 0 radical (unpaired) electrons. The standard InChI is InChI=1S/C11H12F3NO2/c1-10(13,14)11(15,9(16)17-2)7-5-3-4-6-8(7)12/h3-6H,15H2,1-2H3. The zero-order chi connectivity index (χ0) is 13.3. The smallest absolute Gasteiger partial charge is 0.336 e. The Bertz CT molecular complexity index is 431. The Morgan fingerprint density at radius 3 is 2.29 bits per heavy atom. The molecule has 0 spiro atoms. The van der Waals surface area contributed by atoms with E-state index < -0.39 is 28.8 Å². The van der Waals surface area contributed by atoms with Crippen LogP contribution in [0.1, 0.15) is 12.5 Å². The molecule has 0 saturated carbocycles. The molecule has 0 amide bonds. The zero-order valence-corrected chi connectivity index (χ0v) is 9.34. The van der Waals surface area contributed by atoms with Crippen LogP contribution in [0, 0.1) is 5.82 Å². The second kappa shape index (κ2) is 4.37. The highest BCUT2D eigenvalue weighted by Gasteiger charge is 2.56. The number of esters is 1. The lowest BCUT2D eigenvalue weighted by molar-refractivity contribution is -0.164. The average molecular weight is 247 g/mol. The Kier molecular flexibility index (Phi) is 3.47. The largest absolute Gasteiger partial charge is 0.467 e. The van der Waals surface area contributed by atoms with E-state index in [1.165, 1.54) is 12.1 Å². The highest BCUT2D eigenvalue weighted by molar-refractivity contribution is 5.83. The van der Waals surface area contributed by atoms with Gasteiger partial charge in [0.1, 0.15) is 5.82 Å². The van der Waals surface area contributed by atoms with E-state index in [0.717, 1.165) is 19.2 Å². The van der Waals surface area contributed by atoms with E-state index in [1.54, 1.807) is 0 Å². The fourth-order valence-corrected chi connectivity index (χ4v) is 1.47. The number of hydrogen-bond acceptors (Lipinski definition) is 3. The molecule has 0 saturated heterocycles. The number of halogens is 3. The third-order valence-electron chi connectivity index (χ3n) is 2.50. The van der Waals surface area contributed by atoms with E-state index >= 15 is 0 Å². The van der Waals surface area contributed by atoms with Crippen molar-refractivity contribution in [2.45, 2.75) is 18.4 Å². The lowest BCUT2D eigenvalue weighted by Gasteiger charge is -2.32. The highest BCUT2D eigenvalue weighted by atomic mass is 19.3. The summed E-state index contributed by atoms with van der Waals surface area (Å²) >= 11 is 0. The Hall–Kier alpha value is -1.56. The molecular formula is C11H12F3NO2. The maximum atomic E-state index is 13.5. The van der Waals surface area contributed by atoms with Crippen LogP contribution in [0.15, 0.2) is 24.3 Å². The van der Waals surface area contributed by atoms with Gasteiger partial charge < -0.3 is 10.5 Å². The summed E-state index contributed by atoms with van der Waals surface area (Å²) in [6, 6.07) is 4.61. The van der Waals surface area contributed by atoms with Crippen LogP contribution in [0.2, 0.25) is 0 Å². The summed E-state index contributed by atoms with van der Waals surface area (Å²) in [6.45, 7) is 0.441. The van der Waals surface area contributed by atoms with Crippen LogP contribution in [-0.4, -0.2) is 19.0 Å². The van der Waals surface area contributed by atoms with Gasteiger partial charge in [-0.25, -0.2) is 18.0 Å². The Balaban J connectivity index is 3.46. The Labute approximate surface area is 96.4 Å². The number of carbonyl (C=O) groups excluding carboxylic acids is 1. The van der Waals surface area contributed by atoms with E-state index in [9.17, 15) is 18.0 Å². The molecule has 0 aromatic heterocycles. The van der Waals surface area contributed by atoms with Gasteiger partial charge in [-0.3, -0.25) is 0 Å². The number of hydrogen-bond donors (Lipinski definition) is 1. The minimum absolute atomic E-state index is 0.441. The van der Waals surface area contributed by atoms with Crippen molar-refractivity contribution in [3.05, 3.63) is 35.6 Å². The normalized spacial score (nSPS) is 15.2. The first-order valence-electron chi connectivity index (χ1n) is 4.75. The summed E-state index contributed by atoms with van der Waals surface area (Å²) in [6.07, 6.45) is 0. The van der Waals surface area contributed by atoms with Crippen molar-refractivity contribution in [2.75, 3.05) is 7.11 Å². The molecule has 1 unspecified atom stereocenters. The molecular weight excluding hydrogens is 235 g/mol. The van der Waals surface area contributed by atoms with E-state index in [1.807, 2.05) is 0 Å². The van der Waals surface area contributed by atoms with Crippen molar-refractivity contribution in [1.29, 1.82) is 0 Å². The van der Waals surface area contributed by atoms with Gasteiger partial charge in [0.15, 0.2) is 0 Å². The molecule has 0 aliphatic carbocycles. The van der Waals surface area contributed by atoms with Crippen molar-refractivity contribution in [3.8, 4) is 0 Å². The first-order valence-corrected chi connectivity index (χ1v) is 4.75. The summed E-state index contributed by atoms with van der Waals surface area (Å²) < 4.78 is 44.7. The van der Waals surface area contributed by atoms with Crippen molar-refractivity contribution in [1.82, 2.24) is 0 Å². The number of carbonyl (C=O) groups is 1. The van der Waals surface area contributed by atoms with Crippen molar-refractivity contribution < 1.29 is 22.7 Å². The highest BCUT2D eigenvalue weighted by Crippen LogP contribution is 2.37. The maximum absolute atomic E-state index is 13.5. The SMILES string of the molecule is COC(=O)C(N)(c1ccccc1F)C(C)(F)F. The van der Waals surface area contributed by atoms with Gasteiger partial charge in [0.2, 0.25) is 5.54 Å². The molecule has 3 nitrogen and oxygen atoms in total. The molecule has 6 heteroatoms. The van der Waals surface area contributed by atoms with E-state index in [2.05, 4.69) is 4.74 Å². The first kappa shape index (κ1) is 13.5. The van der Waals surface area contributed by atoms with Crippen LogP contribution in [-0.2, 0) is 15.1 Å². The summed E-state index contributed by atoms with van der Waals surface area (Å²) in [5.41, 5.74) is 1.95. The number of ether oxygens (including phenoxy) is 1. The molecule has 1 atom stereocenters. The topological polar surface area (TPSA) is 52.3 Å². The van der Waals surface area contributed by atoms with Crippen LogP contribution in [0.25, 0.3) is 0 Å². The third kappa shape index (κ3) is 2.12. The molecule has 2 N–H and O–H groups in total. The van der Waals surface area contributed by atoms with E-state index in [-0.39, 0.29) is 0 Å². The number of nitrogens with two attached hydrogens (primary N) is 1. The number of alkyl halides is 2. The summed E-state index contributed by atoms with van der Waals surface area (Å²) in [7, 11) is 0.913. The summed E-state index contributed by atoms with van der Waals surface area (Å²) in [5.74, 6) is -6.04. The molecule has 0 fully saturated rings. The van der Waals surface area contributed by atoms with Crippen LogP contribution in [0.3, 0.4) is 0 Å². The van der Waals surface area contributed by atoms with E-state index in [0.29, 0.717) is 6.92 Å². The van der Waals surface area contributed by atoms with Crippen LogP contribution < -0.4 is 5.73 Å². The lowest BCUT2D eigenvalue weighted by Crippen LogP contribution is -2.58. The van der Waals surface area contributed by atoms with Gasteiger partial charge in [0, 0.05) is 12.5 Å². The quantitative estimate of drug-likeness (QED) is 0.829. The van der Waals surface area contributed by atoms with Gasteiger partial charge in [-0.1, -0.05) is 18.2 Å². The zero-order valence-electron chi connectivity index (χ0n) is 9.34. The minimum Gasteiger partial charge on any atom is -0.467 e. The molecule has 94 valence electrons. The Morgan fingerprint density at radius 2 is 1.88 bits per heavy atom. The lowest BCUT2D eigenvalue weighted by atomic mass is 9.85. The van der Waals surface area contributed by atoms with Gasteiger partial charge in [-0.15, -0.1) is 0 Å². The van der Waals surface area contributed by atoms with Crippen molar-refractivity contribution in [2.24, 2.45) is 5.73 Å². The van der Waals surface area contributed by atoms with Crippen LogP contribution in [0.5, 0.6) is 0 Å². The second-order valence-electron chi connectivity index (χ2n) is 3.67. The molecule has 0 heterocycles. The maximum Gasteiger partial charge on any atom is 0.336 e. The molecule has 0 bridgehead atoms. The third-order valence-corrected chi connectivity index (χ3v) is 2.50. The predicted octanol–water partition coefficient (Wildman–Crippen LogP) is 1.81. The number of rotatable bonds is 3. The predicted molar refractivity (Wildman–Crippen MR) is 54.9 cm³/mol. The van der Waals surface area contributed by atoms with Gasteiger partial charge in [-0.05, 0) is 6.07 Å². The second-order valence-corrected chi connectivity index (χ2v) is 3.67. The summed E-state index contributed by atoms with van der Waals surface area (Å²) in [5, 5.41) is 0. The minimum atomic E-state index is -3.66. The fraction of sp³-hybridized carbons (Fsp3) is 0.364. The van der Waals surface area contributed by atoms with Gasteiger partial charge in [-0.2, -0.15) is 0 Å². The molecule has 1 rings (SSSR count). The number of methoxy groups -OCH3 is 1. The molecule has 1 aromatic rings. The average Bonchev–Trinajstić information content (AvgIpc) is 2.26. The Morgan fingerprint density at radius 1 is 1.35 bits per heavy atom. The molecule has 0 aliphatic heterocycles. The van der Waals surface area contributed by atoms with Crippen molar-refractivity contribution >= 4 is 5.97 Å². The summed E-state index contributed by atoms with van der Waals surface area (Å²) in [4.78, 5) is 11.4. The van der Waals surface area contributed by atoms with Gasteiger partial charge >= 0.3 is 5.97 Å². The number of benzene rings is 1. The molecule has 17 heavy (non-hydrogen) atoms. The fourth-order valence-electron chi connectivity index (χ4n) is 1.47. The molecule has 1 aromatic carbocycles.